The summed E-state index contributed by atoms with van der Waals surface area (Å²) in [5.41, 5.74) is 3.61. The molecule has 0 aliphatic rings. The second-order valence-corrected chi connectivity index (χ2v) is 4.99. The van der Waals surface area contributed by atoms with E-state index in [2.05, 4.69) is 39.8 Å². The third kappa shape index (κ3) is 3.64. The zero-order valence-electron chi connectivity index (χ0n) is 11.0. The van der Waals surface area contributed by atoms with Crippen LogP contribution in [-0.4, -0.2) is 5.11 Å². The molecule has 0 aliphatic carbocycles. The van der Waals surface area contributed by atoms with Crippen LogP contribution in [0.2, 0.25) is 0 Å². The van der Waals surface area contributed by atoms with Gasteiger partial charge < -0.3 is 5.11 Å². The van der Waals surface area contributed by atoms with E-state index in [1.165, 1.54) is 24.0 Å². The van der Waals surface area contributed by atoms with Gasteiger partial charge >= 0.3 is 0 Å². The molecule has 1 rings (SSSR count). The van der Waals surface area contributed by atoms with Crippen molar-refractivity contribution >= 4 is 0 Å². The highest BCUT2D eigenvalue weighted by molar-refractivity contribution is 5.31. The first-order chi connectivity index (χ1) is 7.54. The average Bonchev–Trinajstić information content (AvgIpc) is 2.22. The van der Waals surface area contributed by atoms with Crippen molar-refractivity contribution in [2.24, 2.45) is 5.92 Å². The lowest BCUT2D eigenvalue weighted by molar-refractivity contribution is 0.145. The SMILES string of the molecule is CCCC(C)CC(O)c1ccc(C)c(C)c1. The van der Waals surface area contributed by atoms with Gasteiger partial charge in [0.25, 0.3) is 0 Å². The minimum atomic E-state index is -0.305. The maximum atomic E-state index is 10.1. The van der Waals surface area contributed by atoms with E-state index in [0.29, 0.717) is 5.92 Å². The van der Waals surface area contributed by atoms with Crippen molar-refractivity contribution in [3.05, 3.63) is 34.9 Å². The van der Waals surface area contributed by atoms with Crippen LogP contribution in [0.4, 0.5) is 0 Å². The summed E-state index contributed by atoms with van der Waals surface area (Å²) >= 11 is 0. The summed E-state index contributed by atoms with van der Waals surface area (Å²) in [4.78, 5) is 0. The Kier molecular flexibility index (Phi) is 5.01. The number of hydrogen-bond acceptors (Lipinski definition) is 1. The number of benzene rings is 1. The average molecular weight is 220 g/mol. The molecule has 0 bridgehead atoms. The van der Waals surface area contributed by atoms with Crippen LogP contribution in [0.1, 0.15) is 55.9 Å². The smallest absolute Gasteiger partial charge is 0.0792 e. The van der Waals surface area contributed by atoms with Crippen LogP contribution in [-0.2, 0) is 0 Å². The van der Waals surface area contributed by atoms with Crippen molar-refractivity contribution in [3.8, 4) is 0 Å². The van der Waals surface area contributed by atoms with Gasteiger partial charge in [-0.05, 0) is 42.9 Å². The number of aryl methyl sites for hydroxylation is 2. The molecular weight excluding hydrogens is 196 g/mol. The summed E-state index contributed by atoms with van der Waals surface area (Å²) in [6.45, 7) is 8.61. The molecule has 1 N–H and O–H groups in total. The second kappa shape index (κ2) is 6.05. The molecule has 1 nitrogen and oxygen atoms in total. The molecule has 0 heterocycles. The molecule has 2 atom stereocenters. The van der Waals surface area contributed by atoms with E-state index < -0.39 is 0 Å². The molecule has 0 saturated heterocycles. The summed E-state index contributed by atoms with van der Waals surface area (Å²) < 4.78 is 0. The maximum Gasteiger partial charge on any atom is 0.0792 e. The van der Waals surface area contributed by atoms with E-state index in [0.717, 1.165) is 12.0 Å². The van der Waals surface area contributed by atoms with E-state index in [9.17, 15) is 5.11 Å². The lowest BCUT2D eigenvalue weighted by Crippen LogP contribution is -2.05. The van der Waals surface area contributed by atoms with Crippen LogP contribution in [0.15, 0.2) is 18.2 Å². The molecule has 1 heteroatoms. The monoisotopic (exact) mass is 220 g/mol. The van der Waals surface area contributed by atoms with Gasteiger partial charge in [0.1, 0.15) is 0 Å². The van der Waals surface area contributed by atoms with E-state index >= 15 is 0 Å². The Bertz CT molecular complexity index is 330. The van der Waals surface area contributed by atoms with E-state index in [1.54, 1.807) is 0 Å². The highest BCUT2D eigenvalue weighted by atomic mass is 16.3. The van der Waals surface area contributed by atoms with Crippen LogP contribution >= 0.6 is 0 Å². The largest absolute Gasteiger partial charge is 0.388 e. The van der Waals surface area contributed by atoms with Gasteiger partial charge in [0.15, 0.2) is 0 Å². The van der Waals surface area contributed by atoms with Crippen molar-refractivity contribution in [2.75, 3.05) is 0 Å². The lowest BCUT2D eigenvalue weighted by atomic mass is 9.93. The first-order valence-electron chi connectivity index (χ1n) is 6.29. The summed E-state index contributed by atoms with van der Waals surface area (Å²) in [6.07, 6.45) is 2.96. The van der Waals surface area contributed by atoms with Crippen LogP contribution in [0.3, 0.4) is 0 Å². The Morgan fingerprint density at radius 3 is 2.44 bits per heavy atom. The van der Waals surface area contributed by atoms with Crippen molar-refractivity contribution in [2.45, 2.75) is 53.1 Å². The van der Waals surface area contributed by atoms with Crippen LogP contribution < -0.4 is 0 Å². The Balaban J connectivity index is 2.65. The second-order valence-electron chi connectivity index (χ2n) is 4.99. The fourth-order valence-electron chi connectivity index (χ4n) is 2.10. The molecular formula is C15H24O. The van der Waals surface area contributed by atoms with E-state index in [1.807, 2.05) is 6.07 Å². The molecule has 0 fully saturated rings. The summed E-state index contributed by atoms with van der Waals surface area (Å²) in [6, 6.07) is 6.25. The first-order valence-corrected chi connectivity index (χ1v) is 6.29. The van der Waals surface area contributed by atoms with Gasteiger partial charge in [-0.25, -0.2) is 0 Å². The predicted molar refractivity (Wildman–Crippen MR) is 69.6 cm³/mol. The van der Waals surface area contributed by atoms with Crippen molar-refractivity contribution < 1.29 is 5.11 Å². The summed E-state index contributed by atoms with van der Waals surface area (Å²) in [5.74, 6) is 0.599. The fourth-order valence-corrected chi connectivity index (χ4v) is 2.10. The third-order valence-electron chi connectivity index (χ3n) is 3.32. The number of aliphatic hydroxyl groups is 1. The van der Waals surface area contributed by atoms with Gasteiger partial charge in [-0.2, -0.15) is 0 Å². The summed E-state index contributed by atoms with van der Waals surface area (Å²) in [7, 11) is 0. The molecule has 0 aliphatic heterocycles. The van der Waals surface area contributed by atoms with Crippen LogP contribution in [0.25, 0.3) is 0 Å². The molecule has 0 radical (unpaired) electrons. The molecule has 90 valence electrons. The molecule has 16 heavy (non-hydrogen) atoms. The lowest BCUT2D eigenvalue weighted by Gasteiger charge is -2.17. The number of aliphatic hydroxyl groups excluding tert-OH is 1. The van der Waals surface area contributed by atoms with Gasteiger partial charge in [-0.15, -0.1) is 0 Å². The number of hydrogen-bond donors (Lipinski definition) is 1. The molecule has 2 unspecified atom stereocenters. The molecule has 1 aromatic rings. The Hall–Kier alpha value is -0.820. The van der Waals surface area contributed by atoms with E-state index in [-0.39, 0.29) is 6.10 Å². The van der Waals surface area contributed by atoms with E-state index in [4.69, 9.17) is 0 Å². The topological polar surface area (TPSA) is 20.2 Å². The molecule has 0 saturated carbocycles. The highest BCUT2D eigenvalue weighted by Gasteiger charge is 2.12. The van der Waals surface area contributed by atoms with Gasteiger partial charge in [0, 0.05) is 0 Å². The molecule has 0 amide bonds. The van der Waals surface area contributed by atoms with Gasteiger partial charge in [-0.1, -0.05) is 44.9 Å². The highest BCUT2D eigenvalue weighted by Crippen LogP contribution is 2.25. The fraction of sp³-hybridized carbons (Fsp3) is 0.600. The molecule has 0 aromatic heterocycles. The quantitative estimate of drug-likeness (QED) is 0.790. The Labute approximate surface area is 99.5 Å². The molecule has 0 spiro atoms. The van der Waals surface area contributed by atoms with Crippen LogP contribution in [0.5, 0.6) is 0 Å². The van der Waals surface area contributed by atoms with Crippen molar-refractivity contribution in [1.82, 2.24) is 0 Å². The zero-order chi connectivity index (χ0) is 12.1. The zero-order valence-corrected chi connectivity index (χ0v) is 11.0. The molecule has 1 aromatic carbocycles. The Morgan fingerprint density at radius 2 is 1.88 bits per heavy atom. The van der Waals surface area contributed by atoms with Gasteiger partial charge in [0.05, 0.1) is 6.10 Å². The standard InChI is InChI=1S/C15H24O/c1-5-6-11(2)9-15(16)14-8-7-12(3)13(4)10-14/h7-8,10-11,15-16H,5-6,9H2,1-4H3. The maximum absolute atomic E-state index is 10.1. The minimum absolute atomic E-state index is 0.305. The first kappa shape index (κ1) is 13.2. The summed E-state index contributed by atoms with van der Waals surface area (Å²) in [5, 5.41) is 10.1. The third-order valence-corrected chi connectivity index (χ3v) is 3.32. The number of rotatable bonds is 5. The van der Waals surface area contributed by atoms with Crippen molar-refractivity contribution in [3.63, 3.8) is 0 Å². The minimum Gasteiger partial charge on any atom is -0.388 e. The van der Waals surface area contributed by atoms with Gasteiger partial charge in [-0.3, -0.25) is 0 Å². The Morgan fingerprint density at radius 1 is 1.19 bits per heavy atom. The normalized spacial score (nSPS) is 14.8. The predicted octanol–water partition coefficient (Wildman–Crippen LogP) is 4.16. The van der Waals surface area contributed by atoms with Crippen LogP contribution in [0, 0.1) is 19.8 Å². The van der Waals surface area contributed by atoms with Crippen molar-refractivity contribution in [1.29, 1.82) is 0 Å². The van der Waals surface area contributed by atoms with Gasteiger partial charge in [0.2, 0.25) is 0 Å².